The number of carboxylic acid groups (broad SMARTS) is 1. The minimum atomic E-state index is -0.952. The van der Waals surface area contributed by atoms with Gasteiger partial charge in [-0.15, -0.1) is 5.10 Å². The average molecular weight is 285 g/mol. The first-order chi connectivity index (χ1) is 10.2. The summed E-state index contributed by atoms with van der Waals surface area (Å²) in [5, 5.41) is 16.9. The van der Waals surface area contributed by atoms with Crippen molar-refractivity contribution in [3.63, 3.8) is 0 Å². The molecule has 1 aromatic heterocycles. The van der Waals surface area contributed by atoms with Crippen LogP contribution in [0.5, 0.6) is 0 Å². The van der Waals surface area contributed by atoms with Gasteiger partial charge in [-0.1, -0.05) is 37.1 Å². The predicted molar refractivity (Wildman–Crippen MR) is 81.3 cm³/mol. The molecule has 1 heterocycles. The molecule has 1 N–H and O–H groups in total. The highest BCUT2D eigenvalue weighted by molar-refractivity contribution is 5.85. The Morgan fingerprint density at radius 1 is 1.29 bits per heavy atom. The quantitative estimate of drug-likeness (QED) is 0.627. The summed E-state index contributed by atoms with van der Waals surface area (Å²) in [6.07, 6.45) is 9.11. The number of aliphatic carboxylic acids is 1. The topological polar surface area (TPSA) is 68.0 Å². The molecule has 110 valence electrons. The van der Waals surface area contributed by atoms with Crippen LogP contribution >= 0.6 is 0 Å². The first kappa shape index (κ1) is 15.0. The van der Waals surface area contributed by atoms with Gasteiger partial charge in [-0.2, -0.15) is 0 Å². The standard InChI is InChI=1S/C16H19N3O2/c1-2-3-4-5-14-12-19(18-17-14)15-9-6-13(7-10-15)8-11-16(20)21/h6-12H,2-5H2,1H3,(H,20,21)/b11-8+. The Balaban J connectivity index is 2.03. The van der Waals surface area contributed by atoms with Crippen LogP contribution in [0.15, 0.2) is 36.5 Å². The summed E-state index contributed by atoms with van der Waals surface area (Å²) in [5.41, 5.74) is 2.75. The maximum Gasteiger partial charge on any atom is 0.328 e. The number of hydrogen-bond donors (Lipinski definition) is 1. The molecule has 0 aliphatic carbocycles. The van der Waals surface area contributed by atoms with Gasteiger partial charge in [-0.25, -0.2) is 9.48 Å². The summed E-state index contributed by atoms with van der Waals surface area (Å²) < 4.78 is 1.74. The molecule has 21 heavy (non-hydrogen) atoms. The van der Waals surface area contributed by atoms with E-state index in [1.165, 1.54) is 12.8 Å². The third-order valence-corrected chi connectivity index (χ3v) is 3.15. The van der Waals surface area contributed by atoms with E-state index in [1.54, 1.807) is 10.8 Å². The molecule has 0 unspecified atom stereocenters. The fourth-order valence-corrected chi connectivity index (χ4v) is 2.00. The number of carbonyl (C=O) groups is 1. The number of aromatic nitrogens is 3. The van der Waals surface area contributed by atoms with Gasteiger partial charge in [0, 0.05) is 6.08 Å². The van der Waals surface area contributed by atoms with Gasteiger partial charge < -0.3 is 5.11 Å². The minimum Gasteiger partial charge on any atom is -0.478 e. The van der Waals surface area contributed by atoms with Gasteiger partial charge in [-0.05, 0) is 36.6 Å². The predicted octanol–water partition coefficient (Wildman–Crippen LogP) is 3.10. The second kappa shape index (κ2) is 7.38. The summed E-state index contributed by atoms with van der Waals surface area (Å²) in [4.78, 5) is 10.5. The van der Waals surface area contributed by atoms with E-state index in [0.717, 1.165) is 35.9 Å². The van der Waals surface area contributed by atoms with Gasteiger partial charge in [0.2, 0.25) is 0 Å². The van der Waals surface area contributed by atoms with Crippen molar-refractivity contribution in [3.8, 4) is 5.69 Å². The van der Waals surface area contributed by atoms with Gasteiger partial charge in [0.05, 0.1) is 17.6 Å². The van der Waals surface area contributed by atoms with Gasteiger partial charge in [0.25, 0.3) is 0 Å². The van der Waals surface area contributed by atoms with E-state index in [1.807, 2.05) is 30.5 Å². The molecule has 0 aliphatic heterocycles. The molecule has 5 heteroatoms. The molecular formula is C16H19N3O2. The molecule has 0 aliphatic rings. The smallest absolute Gasteiger partial charge is 0.328 e. The van der Waals surface area contributed by atoms with Crippen LogP contribution in [0.2, 0.25) is 0 Å². The molecule has 5 nitrogen and oxygen atoms in total. The minimum absolute atomic E-state index is 0.837. The van der Waals surface area contributed by atoms with Crippen molar-refractivity contribution >= 4 is 12.0 Å². The lowest BCUT2D eigenvalue weighted by Crippen LogP contribution is -1.94. The van der Waals surface area contributed by atoms with Gasteiger partial charge in [-0.3, -0.25) is 0 Å². The molecule has 0 radical (unpaired) electrons. The summed E-state index contributed by atoms with van der Waals surface area (Å²) in [7, 11) is 0. The average Bonchev–Trinajstić information content (AvgIpc) is 2.95. The Morgan fingerprint density at radius 2 is 2.05 bits per heavy atom. The highest BCUT2D eigenvalue weighted by atomic mass is 16.4. The second-order valence-electron chi connectivity index (χ2n) is 4.87. The summed E-state index contributed by atoms with van der Waals surface area (Å²) in [5.74, 6) is -0.952. The fourth-order valence-electron chi connectivity index (χ4n) is 2.00. The highest BCUT2D eigenvalue weighted by Crippen LogP contribution is 2.11. The SMILES string of the molecule is CCCCCc1cn(-c2ccc(/C=C/C(=O)O)cc2)nn1. The number of benzene rings is 1. The molecule has 2 rings (SSSR count). The maximum atomic E-state index is 10.5. The molecular weight excluding hydrogens is 266 g/mol. The van der Waals surface area contributed by atoms with Gasteiger partial charge in [0.15, 0.2) is 0 Å². The zero-order chi connectivity index (χ0) is 15.1. The van der Waals surface area contributed by atoms with Crippen LogP contribution in [-0.2, 0) is 11.2 Å². The van der Waals surface area contributed by atoms with Crippen molar-refractivity contribution in [2.24, 2.45) is 0 Å². The first-order valence-corrected chi connectivity index (χ1v) is 7.11. The molecule has 0 bridgehead atoms. The van der Waals surface area contributed by atoms with E-state index in [9.17, 15) is 4.79 Å². The third-order valence-electron chi connectivity index (χ3n) is 3.15. The van der Waals surface area contributed by atoms with Gasteiger partial charge in [0.1, 0.15) is 0 Å². The Bertz CT molecular complexity index is 615. The van der Waals surface area contributed by atoms with Crippen LogP contribution < -0.4 is 0 Å². The molecule has 0 atom stereocenters. The zero-order valence-corrected chi connectivity index (χ0v) is 12.1. The molecule has 2 aromatic rings. The second-order valence-corrected chi connectivity index (χ2v) is 4.87. The van der Waals surface area contributed by atoms with E-state index in [0.29, 0.717) is 0 Å². The van der Waals surface area contributed by atoms with Crippen LogP contribution in [0.1, 0.15) is 37.4 Å². The van der Waals surface area contributed by atoms with E-state index >= 15 is 0 Å². The number of unbranched alkanes of at least 4 members (excludes halogenated alkanes) is 2. The largest absolute Gasteiger partial charge is 0.478 e. The monoisotopic (exact) mass is 285 g/mol. The van der Waals surface area contributed by atoms with Crippen LogP contribution in [0, 0.1) is 0 Å². The summed E-state index contributed by atoms with van der Waals surface area (Å²) in [6.45, 7) is 2.18. The maximum absolute atomic E-state index is 10.5. The number of hydrogen-bond acceptors (Lipinski definition) is 3. The lowest BCUT2D eigenvalue weighted by atomic mass is 10.2. The van der Waals surface area contributed by atoms with Crippen molar-refractivity contribution in [1.82, 2.24) is 15.0 Å². The summed E-state index contributed by atoms with van der Waals surface area (Å²) >= 11 is 0. The van der Waals surface area contributed by atoms with Crippen LogP contribution in [-0.4, -0.2) is 26.1 Å². The Hall–Kier alpha value is -2.43. The molecule has 0 amide bonds. The number of carboxylic acids is 1. The Morgan fingerprint density at radius 3 is 2.71 bits per heavy atom. The van der Waals surface area contributed by atoms with Crippen molar-refractivity contribution < 1.29 is 9.90 Å². The molecule has 0 saturated carbocycles. The number of aryl methyl sites for hydroxylation is 1. The zero-order valence-electron chi connectivity index (χ0n) is 12.1. The molecule has 1 aromatic carbocycles. The van der Waals surface area contributed by atoms with E-state index in [4.69, 9.17) is 5.11 Å². The number of nitrogens with zero attached hydrogens (tertiary/aromatic N) is 3. The van der Waals surface area contributed by atoms with E-state index < -0.39 is 5.97 Å². The lowest BCUT2D eigenvalue weighted by molar-refractivity contribution is -0.131. The van der Waals surface area contributed by atoms with Crippen molar-refractivity contribution in [2.45, 2.75) is 32.6 Å². The van der Waals surface area contributed by atoms with E-state index in [2.05, 4.69) is 17.2 Å². The van der Waals surface area contributed by atoms with Crippen LogP contribution in [0.3, 0.4) is 0 Å². The van der Waals surface area contributed by atoms with Crippen molar-refractivity contribution in [2.75, 3.05) is 0 Å². The first-order valence-electron chi connectivity index (χ1n) is 7.11. The number of rotatable bonds is 7. The molecule has 0 saturated heterocycles. The lowest BCUT2D eigenvalue weighted by Gasteiger charge is -2.00. The Labute approximate surface area is 123 Å². The highest BCUT2D eigenvalue weighted by Gasteiger charge is 2.02. The summed E-state index contributed by atoms with van der Waals surface area (Å²) in [6, 6.07) is 7.50. The van der Waals surface area contributed by atoms with Crippen LogP contribution in [0.4, 0.5) is 0 Å². The van der Waals surface area contributed by atoms with E-state index in [-0.39, 0.29) is 0 Å². The van der Waals surface area contributed by atoms with Crippen molar-refractivity contribution in [1.29, 1.82) is 0 Å². The molecule has 0 fully saturated rings. The van der Waals surface area contributed by atoms with Gasteiger partial charge >= 0.3 is 5.97 Å². The van der Waals surface area contributed by atoms with Crippen LogP contribution in [0.25, 0.3) is 11.8 Å². The normalized spacial score (nSPS) is 11.1. The fraction of sp³-hybridized carbons (Fsp3) is 0.312. The Kier molecular flexibility index (Phi) is 5.26. The molecule has 0 spiro atoms. The third kappa shape index (κ3) is 4.56. The van der Waals surface area contributed by atoms with Crippen molar-refractivity contribution in [3.05, 3.63) is 47.8 Å².